The smallest absolute Gasteiger partial charge is 0.269 e. The van der Waals surface area contributed by atoms with Crippen LogP contribution < -0.4 is 20.3 Å². The molecule has 0 aliphatic carbocycles. The van der Waals surface area contributed by atoms with Gasteiger partial charge in [-0.05, 0) is 36.6 Å². The summed E-state index contributed by atoms with van der Waals surface area (Å²) in [5.41, 5.74) is 5.39. The molecule has 0 spiro atoms. The van der Waals surface area contributed by atoms with Gasteiger partial charge in [0, 0.05) is 11.1 Å². The Bertz CT molecular complexity index is 794. The maximum atomic E-state index is 12.3. The fourth-order valence-electron chi connectivity index (χ4n) is 2.24. The second-order valence-corrected chi connectivity index (χ2v) is 6.70. The minimum Gasteiger partial charge on any atom is -0.493 e. The second-order valence-electron chi connectivity index (χ2n) is 6.29. The number of hydrogen-bond donors (Lipinski definition) is 2. The van der Waals surface area contributed by atoms with E-state index in [1.54, 1.807) is 30.3 Å². The molecule has 0 aliphatic rings. The van der Waals surface area contributed by atoms with Crippen LogP contribution in [0.4, 0.5) is 0 Å². The van der Waals surface area contributed by atoms with Crippen molar-refractivity contribution in [2.75, 3.05) is 13.7 Å². The molecule has 6 nitrogen and oxygen atoms in total. The Morgan fingerprint density at radius 1 is 1.04 bits per heavy atom. The lowest BCUT2D eigenvalue weighted by atomic mass is 10.1. The SMILES string of the molecule is COc1cc(C(=O)NNC(=O)c2ccccc2)cc(Cl)c1OCCC(C)C. The molecule has 2 rings (SSSR count). The van der Waals surface area contributed by atoms with Crippen LogP contribution in [0, 0.1) is 5.92 Å². The summed E-state index contributed by atoms with van der Waals surface area (Å²) in [5.74, 6) is 0.299. The molecule has 0 saturated heterocycles. The number of benzene rings is 2. The molecule has 0 aliphatic heterocycles. The molecular formula is C20H23ClN2O4. The van der Waals surface area contributed by atoms with Crippen molar-refractivity contribution < 1.29 is 19.1 Å². The molecule has 0 aromatic heterocycles. The molecule has 7 heteroatoms. The van der Waals surface area contributed by atoms with Gasteiger partial charge in [-0.15, -0.1) is 0 Å². The summed E-state index contributed by atoms with van der Waals surface area (Å²) < 4.78 is 11.0. The highest BCUT2D eigenvalue weighted by atomic mass is 35.5. The van der Waals surface area contributed by atoms with E-state index in [4.69, 9.17) is 21.1 Å². The molecular weight excluding hydrogens is 368 g/mol. The van der Waals surface area contributed by atoms with Crippen molar-refractivity contribution in [1.29, 1.82) is 0 Å². The summed E-state index contributed by atoms with van der Waals surface area (Å²) in [6, 6.07) is 11.5. The number of methoxy groups -OCH3 is 1. The van der Waals surface area contributed by atoms with E-state index in [1.807, 2.05) is 0 Å². The molecule has 2 N–H and O–H groups in total. The molecule has 2 aromatic rings. The first-order chi connectivity index (χ1) is 12.9. The molecule has 0 heterocycles. The molecule has 2 amide bonds. The van der Waals surface area contributed by atoms with Crippen LogP contribution >= 0.6 is 11.6 Å². The molecule has 144 valence electrons. The van der Waals surface area contributed by atoms with Crippen LogP contribution in [-0.4, -0.2) is 25.5 Å². The van der Waals surface area contributed by atoms with E-state index in [0.29, 0.717) is 29.6 Å². The highest BCUT2D eigenvalue weighted by molar-refractivity contribution is 6.32. The van der Waals surface area contributed by atoms with E-state index < -0.39 is 11.8 Å². The maximum Gasteiger partial charge on any atom is 0.269 e. The van der Waals surface area contributed by atoms with Crippen molar-refractivity contribution >= 4 is 23.4 Å². The first kappa shape index (κ1) is 20.6. The Hall–Kier alpha value is -2.73. The summed E-state index contributed by atoms with van der Waals surface area (Å²) in [6.07, 6.45) is 0.868. The van der Waals surface area contributed by atoms with Crippen LogP contribution in [-0.2, 0) is 0 Å². The van der Waals surface area contributed by atoms with Crippen molar-refractivity contribution in [2.45, 2.75) is 20.3 Å². The van der Waals surface area contributed by atoms with Crippen molar-refractivity contribution in [3.05, 3.63) is 58.6 Å². The van der Waals surface area contributed by atoms with Gasteiger partial charge in [0.15, 0.2) is 11.5 Å². The molecule has 0 saturated carbocycles. The number of ether oxygens (including phenoxy) is 2. The lowest BCUT2D eigenvalue weighted by Crippen LogP contribution is -2.41. The number of carbonyl (C=O) groups excluding carboxylic acids is 2. The van der Waals surface area contributed by atoms with E-state index in [-0.39, 0.29) is 10.6 Å². The number of hydrazine groups is 1. The van der Waals surface area contributed by atoms with Gasteiger partial charge in [-0.3, -0.25) is 20.4 Å². The Kier molecular flexibility index (Phi) is 7.49. The molecule has 0 bridgehead atoms. The van der Waals surface area contributed by atoms with E-state index >= 15 is 0 Å². The van der Waals surface area contributed by atoms with Crippen LogP contribution in [0.1, 0.15) is 41.0 Å². The van der Waals surface area contributed by atoms with Gasteiger partial charge >= 0.3 is 0 Å². The third kappa shape index (κ3) is 5.89. The number of amides is 2. The number of hydrogen-bond acceptors (Lipinski definition) is 4. The largest absolute Gasteiger partial charge is 0.493 e. The van der Waals surface area contributed by atoms with E-state index in [2.05, 4.69) is 24.7 Å². The van der Waals surface area contributed by atoms with Crippen LogP contribution in [0.2, 0.25) is 5.02 Å². The van der Waals surface area contributed by atoms with Crippen molar-refractivity contribution in [1.82, 2.24) is 10.9 Å². The zero-order valence-electron chi connectivity index (χ0n) is 15.5. The van der Waals surface area contributed by atoms with Gasteiger partial charge in [-0.1, -0.05) is 43.6 Å². The normalized spacial score (nSPS) is 10.4. The fourth-order valence-corrected chi connectivity index (χ4v) is 2.50. The Labute approximate surface area is 163 Å². The number of carbonyl (C=O) groups is 2. The average Bonchev–Trinajstić information content (AvgIpc) is 2.67. The fraction of sp³-hybridized carbons (Fsp3) is 0.300. The van der Waals surface area contributed by atoms with E-state index in [0.717, 1.165) is 6.42 Å². The molecule has 2 aromatic carbocycles. The van der Waals surface area contributed by atoms with Crippen molar-refractivity contribution in [3.63, 3.8) is 0 Å². The van der Waals surface area contributed by atoms with Gasteiger partial charge < -0.3 is 9.47 Å². The summed E-state index contributed by atoms with van der Waals surface area (Å²) in [5, 5.41) is 0.262. The monoisotopic (exact) mass is 390 g/mol. The van der Waals surface area contributed by atoms with Gasteiger partial charge in [-0.25, -0.2) is 0 Å². The first-order valence-electron chi connectivity index (χ1n) is 8.58. The zero-order chi connectivity index (χ0) is 19.8. The van der Waals surface area contributed by atoms with Crippen LogP contribution in [0.3, 0.4) is 0 Å². The Balaban J connectivity index is 2.05. The van der Waals surface area contributed by atoms with Crippen LogP contribution in [0.15, 0.2) is 42.5 Å². The zero-order valence-corrected chi connectivity index (χ0v) is 16.3. The van der Waals surface area contributed by atoms with Crippen LogP contribution in [0.5, 0.6) is 11.5 Å². The van der Waals surface area contributed by atoms with E-state index in [9.17, 15) is 9.59 Å². The molecule has 0 unspecified atom stereocenters. The third-order valence-electron chi connectivity index (χ3n) is 3.76. The number of rotatable bonds is 7. The van der Waals surface area contributed by atoms with Gasteiger partial charge in [-0.2, -0.15) is 0 Å². The van der Waals surface area contributed by atoms with Gasteiger partial charge in [0.2, 0.25) is 0 Å². The minimum atomic E-state index is -0.520. The Morgan fingerprint density at radius 3 is 2.26 bits per heavy atom. The quantitative estimate of drug-likeness (QED) is 0.704. The van der Waals surface area contributed by atoms with Crippen molar-refractivity contribution in [2.24, 2.45) is 5.92 Å². The highest BCUT2D eigenvalue weighted by Gasteiger charge is 2.17. The minimum absolute atomic E-state index is 0.237. The summed E-state index contributed by atoms with van der Waals surface area (Å²) in [7, 11) is 1.47. The van der Waals surface area contributed by atoms with E-state index in [1.165, 1.54) is 19.2 Å². The summed E-state index contributed by atoms with van der Waals surface area (Å²) >= 11 is 6.26. The standard InChI is InChI=1S/C20H23ClN2O4/c1-13(2)9-10-27-18-16(21)11-15(12-17(18)26-3)20(25)23-22-19(24)14-7-5-4-6-8-14/h4-8,11-13H,9-10H2,1-3H3,(H,22,24)(H,23,25). The average molecular weight is 391 g/mol. The maximum absolute atomic E-state index is 12.3. The predicted molar refractivity (Wildman–Crippen MR) is 104 cm³/mol. The summed E-state index contributed by atoms with van der Waals surface area (Å²) in [6.45, 7) is 4.69. The summed E-state index contributed by atoms with van der Waals surface area (Å²) in [4.78, 5) is 24.3. The third-order valence-corrected chi connectivity index (χ3v) is 4.04. The van der Waals surface area contributed by atoms with Crippen LogP contribution in [0.25, 0.3) is 0 Å². The van der Waals surface area contributed by atoms with Crippen molar-refractivity contribution in [3.8, 4) is 11.5 Å². The number of nitrogens with one attached hydrogen (secondary N) is 2. The van der Waals surface area contributed by atoms with Gasteiger partial charge in [0.25, 0.3) is 11.8 Å². The molecule has 0 fully saturated rings. The lowest BCUT2D eigenvalue weighted by Gasteiger charge is -2.15. The molecule has 0 atom stereocenters. The first-order valence-corrected chi connectivity index (χ1v) is 8.96. The lowest BCUT2D eigenvalue weighted by molar-refractivity contribution is 0.0846. The molecule has 27 heavy (non-hydrogen) atoms. The highest BCUT2D eigenvalue weighted by Crippen LogP contribution is 2.36. The Morgan fingerprint density at radius 2 is 1.67 bits per heavy atom. The second kappa shape index (κ2) is 9.83. The van der Waals surface area contributed by atoms with Gasteiger partial charge in [0.1, 0.15) is 0 Å². The predicted octanol–water partition coefficient (Wildman–Crippen LogP) is 3.85. The van der Waals surface area contributed by atoms with Gasteiger partial charge in [0.05, 0.1) is 18.7 Å². The number of halogens is 1. The molecule has 0 radical (unpaired) electrons. The topological polar surface area (TPSA) is 76.7 Å².